The number of hydrogen-bond donors (Lipinski definition) is 0. The molecule has 0 saturated carbocycles. The number of amides is 1. The van der Waals surface area contributed by atoms with Gasteiger partial charge in [0.25, 0.3) is 5.91 Å². The molecule has 0 radical (unpaired) electrons. The van der Waals surface area contributed by atoms with Gasteiger partial charge in [0.2, 0.25) is 0 Å². The van der Waals surface area contributed by atoms with Crippen LogP contribution >= 0.6 is 0 Å². The number of carbonyl (C=O) groups excluding carboxylic acids is 2. The molecule has 0 fully saturated rings. The molecular formula is C31H36N2O3. The van der Waals surface area contributed by atoms with Gasteiger partial charge in [-0.05, 0) is 73.6 Å². The highest BCUT2D eigenvalue weighted by Gasteiger charge is 2.36. The monoisotopic (exact) mass is 484 g/mol. The zero-order valence-corrected chi connectivity index (χ0v) is 21.8. The number of ether oxygens (including phenoxy) is 1. The number of esters is 1. The van der Waals surface area contributed by atoms with E-state index in [4.69, 9.17) is 9.72 Å². The number of aryl methyl sites for hydroxylation is 2. The number of carbonyl (C=O) groups is 2. The van der Waals surface area contributed by atoms with Gasteiger partial charge in [0.05, 0.1) is 11.1 Å². The molecular weight excluding hydrogens is 448 g/mol. The first-order chi connectivity index (χ1) is 17.3. The van der Waals surface area contributed by atoms with Gasteiger partial charge in [-0.15, -0.1) is 0 Å². The van der Waals surface area contributed by atoms with Crippen molar-refractivity contribution in [1.82, 2.24) is 4.98 Å². The molecule has 0 bridgehead atoms. The Balaban J connectivity index is 1.47. The van der Waals surface area contributed by atoms with Crippen molar-refractivity contribution in [2.45, 2.75) is 72.3 Å². The third-order valence-electron chi connectivity index (χ3n) is 8.49. The van der Waals surface area contributed by atoms with E-state index in [0.717, 1.165) is 71.9 Å². The molecule has 188 valence electrons. The van der Waals surface area contributed by atoms with Crippen molar-refractivity contribution in [1.29, 1.82) is 0 Å². The first kappa shape index (κ1) is 24.5. The van der Waals surface area contributed by atoms with E-state index in [-0.39, 0.29) is 11.3 Å². The van der Waals surface area contributed by atoms with Gasteiger partial charge in [-0.2, -0.15) is 0 Å². The molecule has 5 heteroatoms. The lowest BCUT2D eigenvalue weighted by Gasteiger charge is -2.37. The Morgan fingerprint density at radius 1 is 1.11 bits per heavy atom. The van der Waals surface area contributed by atoms with Crippen molar-refractivity contribution in [3.63, 3.8) is 0 Å². The Kier molecular flexibility index (Phi) is 6.59. The molecule has 2 aliphatic rings. The fourth-order valence-electron chi connectivity index (χ4n) is 5.83. The van der Waals surface area contributed by atoms with E-state index in [1.54, 1.807) is 11.8 Å². The summed E-state index contributed by atoms with van der Waals surface area (Å²) in [7, 11) is 0. The number of para-hydroxylation sites is 2. The summed E-state index contributed by atoms with van der Waals surface area (Å²) in [6.45, 7) is 9.18. The van der Waals surface area contributed by atoms with Crippen molar-refractivity contribution >= 4 is 28.5 Å². The second-order valence-electron chi connectivity index (χ2n) is 11.0. The third kappa shape index (κ3) is 4.40. The number of aromatic nitrogens is 1. The van der Waals surface area contributed by atoms with Gasteiger partial charge in [0.1, 0.15) is 0 Å². The molecule has 0 N–H and O–H groups in total. The summed E-state index contributed by atoms with van der Waals surface area (Å²) >= 11 is 0. The number of nitrogens with zero attached hydrogens (tertiary/aromatic N) is 2. The van der Waals surface area contributed by atoms with Crippen LogP contribution in [0.1, 0.15) is 74.1 Å². The summed E-state index contributed by atoms with van der Waals surface area (Å²) in [6, 6.07) is 15.8. The van der Waals surface area contributed by atoms with Crippen LogP contribution in [-0.4, -0.2) is 29.5 Å². The number of benzene rings is 2. The second kappa shape index (κ2) is 9.68. The molecule has 3 aromatic rings. The van der Waals surface area contributed by atoms with Crippen LogP contribution in [0.3, 0.4) is 0 Å². The van der Waals surface area contributed by atoms with E-state index in [1.165, 1.54) is 0 Å². The quantitative estimate of drug-likeness (QED) is 0.399. The first-order valence-electron chi connectivity index (χ1n) is 13.3. The first-order valence-corrected chi connectivity index (χ1v) is 13.3. The Morgan fingerprint density at radius 3 is 2.67 bits per heavy atom. The molecule has 2 heterocycles. The van der Waals surface area contributed by atoms with Crippen molar-refractivity contribution in [2.75, 3.05) is 11.4 Å². The summed E-state index contributed by atoms with van der Waals surface area (Å²) in [5.41, 5.74) is 5.65. The maximum absolute atomic E-state index is 13.8. The molecule has 5 rings (SSSR count). The van der Waals surface area contributed by atoms with E-state index in [9.17, 15) is 9.59 Å². The summed E-state index contributed by atoms with van der Waals surface area (Å²) in [4.78, 5) is 33.9. The third-order valence-corrected chi connectivity index (χ3v) is 8.49. The SMILES string of the molecule is CCC(C)(C)[C@@H]1CCc2nc3ccccc3c(C(=O)O[C@H](C)C(=O)N3CCCc4ccccc43)c2C1. The van der Waals surface area contributed by atoms with Crippen molar-refractivity contribution in [3.8, 4) is 0 Å². The summed E-state index contributed by atoms with van der Waals surface area (Å²) in [5, 5.41) is 0.805. The number of rotatable bonds is 5. The zero-order valence-electron chi connectivity index (χ0n) is 21.8. The fraction of sp³-hybridized carbons (Fsp3) is 0.452. The molecule has 1 aliphatic heterocycles. The molecule has 0 unspecified atom stereocenters. The second-order valence-corrected chi connectivity index (χ2v) is 11.0. The Morgan fingerprint density at radius 2 is 1.86 bits per heavy atom. The van der Waals surface area contributed by atoms with Crippen LogP contribution in [0.25, 0.3) is 10.9 Å². The lowest BCUT2D eigenvalue weighted by molar-refractivity contribution is -0.126. The molecule has 5 nitrogen and oxygen atoms in total. The van der Waals surface area contributed by atoms with Gasteiger partial charge < -0.3 is 9.64 Å². The van der Waals surface area contributed by atoms with Crippen molar-refractivity contribution in [2.24, 2.45) is 11.3 Å². The van der Waals surface area contributed by atoms with Crippen LogP contribution in [0.4, 0.5) is 5.69 Å². The lowest BCUT2D eigenvalue weighted by Crippen LogP contribution is -2.43. The van der Waals surface area contributed by atoms with Gasteiger partial charge in [-0.3, -0.25) is 9.78 Å². The van der Waals surface area contributed by atoms with Gasteiger partial charge in [-0.1, -0.05) is 63.6 Å². The highest BCUT2D eigenvalue weighted by molar-refractivity contribution is 6.06. The van der Waals surface area contributed by atoms with Gasteiger partial charge in [0.15, 0.2) is 6.10 Å². The average molecular weight is 485 g/mol. The fourth-order valence-corrected chi connectivity index (χ4v) is 5.83. The molecule has 1 amide bonds. The minimum Gasteiger partial charge on any atom is -0.449 e. The minimum atomic E-state index is -0.877. The van der Waals surface area contributed by atoms with Crippen molar-refractivity contribution < 1.29 is 14.3 Å². The minimum absolute atomic E-state index is 0.173. The highest BCUT2D eigenvalue weighted by atomic mass is 16.5. The van der Waals surface area contributed by atoms with E-state index in [0.29, 0.717) is 18.0 Å². The Hall–Kier alpha value is -3.21. The molecule has 36 heavy (non-hydrogen) atoms. The van der Waals surface area contributed by atoms with Gasteiger partial charge in [-0.25, -0.2) is 4.79 Å². The predicted molar refractivity (Wildman–Crippen MR) is 143 cm³/mol. The van der Waals surface area contributed by atoms with Crippen LogP contribution in [-0.2, 0) is 28.8 Å². The maximum atomic E-state index is 13.8. The zero-order chi connectivity index (χ0) is 25.4. The van der Waals surface area contributed by atoms with Crippen LogP contribution < -0.4 is 4.90 Å². The number of fused-ring (bicyclic) bond motifs is 3. The normalized spacial score (nSPS) is 18.3. The Bertz CT molecular complexity index is 1310. The molecule has 1 aliphatic carbocycles. The van der Waals surface area contributed by atoms with Crippen LogP contribution in [0.2, 0.25) is 0 Å². The number of anilines is 1. The number of pyridine rings is 1. The molecule has 1 aromatic heterocycles. The molecule has 2 atom stereocenters. The predicted octanol–water partition coefficient (Wildman–Crippen LogP) is 6.30. The van der Waals surface area contributed by atoms with Crippen LogP contribution in [0.5, 0.6) is 0 Å². The molecule has 2 aromatic carbocycles. The number of hydrogen-bond acceptors (Lipinski definition) is 4. The topological polar surface area (TPSA) is 59.5 Å². The van der Waals surface area contributed by atoms with Gasteiger partial charge >= 0.3 is 5.97 Å². The van der Waals surface area contributed by atoms with E-state index < -0.39 is 12.1 Å². The van der Waals surface area contributed by atoms with E-state index in [1.807, 2.05) is 42.5 Å². The van der Waals surface area contributed by atoms with Gasteiger partial charge in [0, 0.05) is 23.3 Å². The van der Waals surface area contributed by atoms with Crippen LogP contribution in [0.15, 0.2) is 48.5 Å². The van der Waals surface area contributed by atoms with E-state index >= 15 is 0 Å². The lowest BCUT2D eigenvalue weighted by atomic mass is 9.68. The summed E-state index contributed by atoms with van der Waals surface area (Å²) in [6.07, 6.45) is 4.79. The highest BCUT2D eigenvalue weighted by Crippen LogP contribution is 2.41. The summed E-state index contributed by atoms with van der Waals surface area (Å²) in [5.74, 6) is -0.132. The largest absolute Gasteiger partial charge is 0.449 e. The molecule has 0 saturated heterocycles. The maximum Gasteiger partial charge on any atom is 0.339 e. The van der Waals surface area contributed by atoms with E-state index in [2.05, 4.69) is 26.8 Å². The Labute approximate surface area is 213 Å². The standard InChI is InChI=1S/C31H36N2O3/c1-5-31(3,4)22-16-17-26-24(19-22)28(23-13-7-8-14-25(23)32-26)30(35)36-20(2)29(34)33-18-10-12-21-11-6-9-15-27(21)33/h6-9,11,13-15,20,22H,5,10,12,16-19H2,1-4H3/t20-,22-/m1/s1. The average Bonchev–Trinajstić information content (AvgIpc) is 2.90. The van der Waals surface area contributed by atoms with Crippen LogP contribution in [0, 0.1) is 11.3 Å². The smallest absolute Gasteiger partial charge is 0.339 e. The van der Waals surface area contributed by atoms with Crippen molar-refractivity contribution in [3.05, 3.63) is 70.9 Å². The summed E-state index contributed by atoms with van der Waals surface area (Å²) < 4.78 is 5.93. The molecule has 0 spiro atoms.